The lowest BCUT2D eigenvalue weighted by molar-refractivity contribution is -0.184. The van der Waals surface area contributed by atoms with E-state index >= 15 is 0 Å². The van der Waals surface area contributed by atoms with Gasteiger partial charge in [-0.2, -0.15) is 0 Å². The van der Waals surface area contributed by atoms with Crippen LogP contribution in [0.4, 0.5) is 0 Å². The monoisotopic (exact) mass is 343 g/mol. The largest absolute Gasteiger partial charge is 0.372 e. The molecule has 4 rings (SSSR count). The van der Waals surface area contributed by atoms with E-state index in [4.69, 9.17) is 4.74 Å². The molecule has 0 aliphatic carbocycles. The van der Waals surface area contributed by atoms with E-state index in [2.05, 4.69) is 26.9 Å². The van der Waals surface area contributed by atoms with E-state index in [-0.39, 0.29) is 5.60 Å². The first-order valence-electron chi connectivity index (χ1n) is 9.69. The SMILES string of the molecule is Cc1cccc(CN2CC3(CC[C@H](CN4CCCCC4=O)CO3)C2)n1. The average molecular weight is 343 g/mol. The maximum Gasteiger partial charge on any atom is 0.222 e. The summed E-state index contributed by atoms with van der Waals surface area (Å²) in [6.45, 7) is 7.62. The van der Waals surface area contributed by atoms with E-state index < -0.39 is 0 Å². The first-order valence-corrected chi connectivity index (χ1v) is 9.69. The van der Waals surface area contributed by atoms with E-state index in [1.807, 2.05) is 13.0 Å². The first-order chi connectivity index (χ1) is 12.1. The predicted molar refractivity (Wildman–Crippen MR) is 96.1 cm³/mol. The summed E-state index contributed by atoms with van der Waals surface area (Å²) in [5.41, 5.74) is 2.29. The number of ether oxygens (including phenoxy) is 1. The van der Waals surface area contributed by atoms with E-state index in [9.17, 15) is 4.79 Å². The minimum Gasteiger partial charge on any atom is -0.372 e. The zero-order valence-corrected chi connectivity index (χ0v) is 15.2. The molecule has 1 aromatic rings. The van der Waals surface area contributed by atoms with Crippen LogP contribution < -0.4 is 0 Å². The van der Waals surface area contributed by atoms with Crippen molar-refractivity contribution in [3.8, 4) is 0 Å². The van der Waals surface area contributed by atoms with Gasteiger partial charge in [0.1, 0.15) is 0 Å². The Morgan fingerprint density at radius 2 is 2.20 bits per heavy atom. The number of aryl methyl sites for hydroxylation is 1. The highest BCUT2D eigenvalue weighted by atomic mass is 16.5. The van der Waals surface area contributed by atoms with Crippen LogP contribution in [0, 0.1) is 12.8 Å². The van der Waals surface area contributed by atoms with Gasteiger partial charge < -0.3 is 9.64 Å². The van der Waals surface area contributed by atoms with Crippen LogP contribution >= 0.6 is 0 Å². The van der Waals surface area contributed by atoms with Crippen molar-refractivity contribution in [3.63, 3.8) is 0 Å². The van der Waals surface area contributed by atoms with Gasteiger partial charge in [-0.1, -0.05) is 6.07 Å². The Morgan fingerprint density at radius 1 is 1.32 bits per heavy atom. The quantitative estimate of drug-likeness (QED) is 0.842. The minimum absolute atomic E-state index is 0.0617. The summed E-state index contributed by atoms with van der Waals surface area (Å²) in [7, 11) is 0. The first kappa shape index (κ1) is 17.0. The Kier molecular flexibility index (Phi) is 4.78. The topological polar surface area (TPSA) is 45.7 Å². The standard InChI is InChI=1S/C20H29N3O2/c1-16-5-4-6-18(21-16)12-22-14-20(15-22)9-8-17(13-25-20)11-23-10-3-2-7-19(23)24/h4-6,17H,2-3,7-15H2,1H3/t17-/m1/s1. The molecule has 25 heavy (non-hydrogen) atoms. The molecule has 3 aliphatic rings. The molecule has 4 heterocycles. The van der Waals surface area contributed by atoms with E-state index in [1.54, 1.807) is 0 Å². The molecule has 3 saturated heterocycles. The highest BCUT2D eigenvalue weighted by Crippen LogP contribution is 2.37. The highest BCUT2D eigenvalue weighted by molar-refractivity contribution is 5.76. The molecule has 136 valence electrons. The van der Waals surface area contributed by atoms with Crippen LogP contribution in [-0.2, 0) is 16.1 Å². The van der Waals surface area contributed by atoms with Crippen LogP contribution in [0.3, 0.4) is 0 Å². The Morgan fingerprint density at radius 3 is 2.92 bits per heavy atom. The molecule has 5 heteroatoms. The van der Waals surface area contributed by atoms with Crippen molar-refractivity contribution in [2.45, 2.75) is 51.2 Å². The van der Waals surface area contributed by atoms with E-state index in [1.165, 1.54) is 6.42 Å². The lowest BCUT2D eigenvalue weighted by Crippen LogP contribution is -2.64. The second-order valence-corrected chi connectivity index (χ2v) is 8.11. The molecule has 1 aromatic heterocycles. The van der Waals surface area contributed by atoms with Crippen LogP contribution in [0.25, 0.3) is 0 Å². The number of amides is 1. The second-order valence-electron chi connectivity index (χ2n) is 8.11. The van der Waals surface area contributed by atoms with Crippen molar-refractivity contribution < 1.29 is 9.53 Å². The lowest BCUT2D eigenvalue weighted by atomic mass is 9.82. The fourth-order valence-corrected chi connectivity index (χ4v) is 4.47. The molecule has 0 radical (unpaired) electrons. The van der Waals surface area contributed by atoms with Gasteiger partial charge in [0.15, 0.2) is 0 Å². The number of pyridine rings is 1. The second kappa shape index (κ2) is 7.04. The van der Waals surface area contributed by atoms with Crippen molar-refractivity contribution >= 4 is 5.91 Å². The maximum absolute atomic E-state index is 12.0. The summed E-state index contributed by atoms with van der Waals surface area (Å²) in [5.74, 6) is 0.854. The van der Waals surface area contributed by atoms with E-state index in [0.717, 1.165) is 76.4 Å². The van der Waals surface area contributed by atoms with Gasteiger partial charge in [0.25, 0.3) is 0 Å². The third-order valence-corrected chi connectivity index (χ3v) is 5.89. The summed E-state index contributed by atoms with van der Waals surface area (Å²) in [5, 5.41) is 0. The van der Waals surface area contributed by atoms with E-state index in [0.29, 0.717) is 11.8 Å². The fourth-order valence-electron chi connectivity index (χ4n) is 4.47. The van der Waals surface area contributed by atoms with Crippen molar-refractivity contribution in [2.24, 2.45) is 5.92 Å². The van der Waals surface area contributed by atoms with Crippen molar-refractivity contribution in [1.82, 2.24) is 14.8 Å². The van der Waals surface area contributed by atoms with Gasteiger partial charge in [0.05, 0.1) is 17.9 Å². The van der Waals surface area contributed by atoms with Crippen LogP contribution in [0.1, 0.15) is 43.5 Å². The predicted octanol–water partition coefficient (Wildman–Crippen LogP) is 2.38. The summed E-state index contributed by atoms with van der Waals surface area (Å²) < 4.78 is 6.28. The summed E-state index contributed by atoms with van der Waals surface area (Å²) in [6, 6.07) is 6.22. The normalized spacial score (nSPS) is 26.7. The third-order valence-electron chi connectivity index (χ3n) is 5.89. The zero-order valence-electron chi connectivity index (χ0n) is 15.2. The molecular weight excluding hydrogens is 314 g/mol. The maximum atomic E-state index is 12.0. The minimum atomic E-state index is 0.0617. The van der Waals surface area contributed by atoms with Gasteiger partial charge in [-0.25, -0.2) is 0 Å². The van der Waals surface area contributed by atoms with Gasteiger partial charge in [0.2, 0.25) is 5.91 Å². The number of carbonyl (C=O) groups excluding carboxylic acids is 1. The Hall–Kier alpha value is -1.46. The Balaban J connectivity index is 1.22. The summed E-state index contributed by atoms with van der Waals surface area (Å²) in [4.78, 5) is 21.1. The van der Waals surface area contributed by atoms with Crippen molar-refractivity contribution in [3.05, 3.63) is 29.6 Å². The van der Waals surface area contributed by atoms with Crippen LogP contribution in [0.5, 0.6) is 0 Å². The molecule has 3 aliphatic heterocycles. The third kappa shape index (κ3) is 3.87. The number of piperidine rings is 1. The number of aromatic nitrogens is 1. The number of carbonyl (C=O) groups is 1. The van der Waals surface area contributed by atoms with Crippen LogP contribution in [-0.4, -0.2) is 59.1 Å². The number of hydrogen-bond acceptors (Lipinski definition) is 4. The van der Waals surface area contributed by atoms with Gasteiger partial charge in [-0.3, -0.25) is 14.7 Å². The molecule has 1 spiro atoms. The van der Waals surface area contributed by atoms with Crippen molar-refractivity contribution in [1.29, 1.82) is 0 Å². The number of hydrogen-bond donors (Lipinski definition) is 0. The molecule has 0 N–H and O–H groups in total. The molecule has 0 unspecified atom stereocenters. The fraction of sp³-hybridized carbons (Fsp3) is 0.700. The lowest BCUT2D eigenvalue weighted by Gasteiger charge is -2.53. The molecular formula is C20H29N3O2. The molecule has 0 bridgehead atoms. The average Bonchev–Trinajstić information content (AvgIpc) is 2.57. The molecule has 0 aromatic carbocycles. The van der Waals surface area contributed by atoms with Crippen LogP contribution in [0.15, 0.2) is 18.2 Å². The van der Waals surface area contributed by atoms with Gasteiger partial charge in [0, 0.05) is 50.8 Å². The number of rotatable bonds is 4. The molecule has 1 atom stereocenters. The molecule has 5 nitrogen and oxygen atoms in total. The van der Waals surface area contributed by atoms with Crippen LogP contribution in [0.2, 0.25) is 0 Å². The Labute approximate surface area is 150 Å². The highest BCUT2D eigenvalue weighted by Gasteiger charge is 2.46. The molecule has 1 amide bonds. The van der Waals surface area contributed by atoms with Gasteiger partial charge in [-0.15, -0.1) is 0 Å². The van der Waals surface area contributed by atoms with Gasteiger partial charge >= 0.3 is 0 Å². The van der Waals surface area contributed by atoms with Crippen molar-refractivity contribution in [2.75, 3.05) is 32.8 Å². The molecule has 0 saturated carbocycles. The molecule has 3 fully saturated rings. The summed E-state index contributed by atoms with van der Waals surface area (Å²) in [6.07, 6.45) is 5.26. The Bertz CT molecular complexity index is 617. The summed E-state index contributed by atoms with van der Waals surface area (Å²) >= 11 is 0. The zero-order chi connectivity index (χ0) is 17.3. The smallest absolute Gasteiger partial charge is 0.222 e. The number of likely N-dealkylation sites (tertiary alicyclic amines) is 2. The van der Waals surface area contributed by atoms with Gasteiger partial charge in [-0.05, 0) is 44.7 Å². The number of nitrogens with zero attached hydrogens (tertiary/aromatic N) is 3.